The second-order valence-corrected chi connectivity index (χ2v) is 2.02. The molecule has 0 aliphatic rings. The molecule has 63 valence electrons. The summed E-state index contributed by atoms with van der Waals surface area (Å²) in [4.78, 5) is 4.36. The molecular weight excluding hydrogens is 159 g/mol. The van der Waals surface area contributed by atoms with E-state index in [1.165, 1.54) is 19.2 Å². The zero-order valence-electron chi connectivity index (χ0n) is 6.54. The van der Waals surface area contributed by atoms with Crippen molar-refractivity contribution in [1.29, 1.82) is 0 Å². The molecule has 0 aliphatic heterocycles. The molecule has 4 heteroatoms. The molecule has 0 bridgehead atoms. The molecule has 0 saturated heterocycles. The van der Waals surface area contributed by atoms with E-state index in [2.05, 4.69) is 21.6 Å². The molecule has 3 nitrogen and oxygen atoms in total. The van der Waals surface area contributed by atoms with E-state index < -0.39 is 0 Å². The van der Waals surface area contributed by atoms with Gasteiger partial charge in [0.05, 0.1) is 0 Å². The van der Waals surface area contributed by atoms with Crippen molar-refractivity contribution in [2.75, 3.05) is 12.4 Å². The highest BCUT2D eigenvalue weighted by molar-refractivity contribution is 5.74. The number of anilines is 1. The van der Waals surface area contributed by atoms with Crippen LogP contribution in [0.5, 0.6) is 0 Å². The minimum atomic E-state index is -0.274. The molecule has 12 heavy (non-hydrogen) atoms. The van der Waals surface area contributed by atoms with Crippen LogP contribution in [-0.4, -0.2) is 13.4 Å². The van der Waals surface area contributed by atoms with Crippen molar-refractivity contribution < 1.29 is 9.23 Å². The first kappa shape index (κ1) is 8.52. The SMILES string of the molecule is CO/N=[C]\Nc1ccc(F)cc1. The summed E-state index contributed by atoms with van der Waals surface area (Å²) in [5, 5.41) is 6.00. The van der Waals surface area contributed by atoms with Gasteiger partial charge in [-0.15, -0.1) is 0 Å². The van der Waals surface area contributed by atoms with Gasteiger partial charge in [0.25, 0.3) is 0 Å². The third-order valence-corrected chi connectivity index (χ3v) is 1.18. The molecule has 1 aromatic rings. The summed E-state index contributed by atoms with van der Waals surface area (Å²) < 4.78 is 12.4. The minimum Gasteiger partial charge on any atom is -0.397 e. The molecule has 1 aromatic carbocycles. The van der Waals surface area contributed by atoms with E-state index in [9.17, 15) is 4.39 Å². The molecule has 0 amide bonds. The van der Waals surface area contributed by atoms with Gasteiger partial charge in [-0.3, -0.25) is 0 Å². The van der Waals surface area contributed by atoms with Gasteiger partial charge in [0.15, 0.2) is 0 Å². The fourth-order valence-corrected chi connectivity index (χ4v) is 0.666. The van der Waals surface area contributed by atoms with Crippen molar-refractivity contribution in [3.8, 4) is 0 Å². The summed E-state index contributed by atoms with van der Waals surface area (Å²) in [6.45, 7) is 0. The lowest BCUT2D eigenvalue weighted by Crippen LogP contribution is -1.94. The van der Waals surface area contributed by atoms with E-state index in [4.69, 9.17) is 0 Å². The third-order valence-electron chi connectivity index (χ3n) is 1.18. The summed E-state index contributed by atoms with van der Waals surface area (Å²) >= 11 is 0. The molecule has 0 aliphatic carbocycles. The number of nitrogens with one attached hydrogen (secondary N) is 1. The Kier molecular flexibility index (Phi) is 3.07. The average Bonchev–Trinajstić information content (AvgIpc) is 2.09. The Morgan fingerprint density at radius 1 is 1.42 bits per heavy atom. The summed E-state index contributed by atoms with van der Waals surface area (Å²) in [5.74, 6) is -0.274. The average molecular weight is 167 g/mol. The summed E-state index contributed by atoms with van der Waals surface area (Å²) in [5.41, 5.74) is 0.706. The van der Waals surface area contributed by atoms with Crippen LogP contribution in [-0.2, 0) is 4.84 Å². The Labute approximate surface area is 69.8 Å². The van der Waals surface area contributed by atoms with Crippen LogP contribution in [0.15, 0.2) is 29.4 Å². The van der Waals surface area contributed by atoms with E-state index in [1.54, 1.807) is 12.1 Å². The highest BCUT2D eigenvalue weighted by Gasteiger charge is 1.89. The maximum atomic E-state index is 12.4. The molecule has 0 unspecified atom stereocenters. The molecule has 0 fully saturated rings. The van der Waals surface area contributed by atoms with E-state index in [0.29, 0.717) is 5.69 Å². The summed E-state index contributed by atoms with van der Waals surface area (Å²) in [7, 11) is 1.42. The fourth-order valence-electron chi connectivity index (χ4n) is 0.666. The van der Waals surface area contributed by atoms with Gasteiger partial charge in [0.1, 0.15) is 12.9 Å². The molecular formula is C8H8FN2O. The molecule has 0 atom stereocenters. The van der Waals surface area contributed by atoms with Gasteiger partial charge < -0.3 is 10.2 Å². The number of hydrogen-bond acceptors (Lipinski definition) is 2. The minimum absolute atomic E-state index is 0.274. The first-order chi connectivity index (χ1) is 5.83. The number of hydrogen-bond donors (Lipinski definition) is 1. The van der Waals surface area contributed by atoms with Crippen molar-refractivity contribution >= 4 is 12.0 Å². The molecule has 0 spiro atoms. The standard InChI is InChI=1S/C8H8FN2O/c1-12-11-6-10-8-4-2-7(9)3-5-8/h2-5H,1H3,(H,10,11). The Morgan fingerprint density at radius 2 is 2.08 bits per heavy atom. The van der Waals surface area contributed by atoms with Crippen LogP contribution in [0.25, 0.3) is 0 Å². The Morgan fingerprint density at radius 3 is 2.67 bits per heavy atom. The van der Waals surface area contributed by atoms with Crippen molar-refractivity contribution in [1.82, 2.24) is 0 Å². The second kappa shape index (κ2) is 4.33. The van der Waals surface area contributed by atoms with Crippen molar-refractivity contribution in [3.05, 3.63) is 30.1 Å². The monoisotopic (exact) mass is 167 g/mol. The Hall–Kier alpha value is -1.58. The van der Waals surface area contributed by atoms with Gasteiger partial charge in [0, 0.05) is 5.69 Å². The highest BCUT2D eigenvalue weighted by Crippen LogP contribution is 2.06. The van der Waals surface area contributed by atoms with Crippen LogP contribution in [0.1, 0.15) is 0 Å². The molecule has 0 saturated carbocycles. The van der Waals surface area contributed by atoms with Gasteiger partial charge in [-0.25, -0.2) is 4.39 Å². The molecule has 1 radical (unpaired) electrons. The quantitative estimate of drug-likeness (QED) is 0.322. The zero-order chi connectivity index (χ0) is 8.81. The lowest BCUT2D eigenvalue weighted by Gasteiger charge is -1.96. The Bertz CT molecular complexity index is 258. The zero-order valence-corrected chi connectivity index (χ0v) is 6.54. The normalized spacial score (nSPS) is 10.2. The van der Waals surface area contributed by atoms with Gasteiger partial charge in [-0.2, -0.15) is 0 Å². The lowest BCUT2D eigenvalue weighted by molar-refractivity contribution is 0.215. The van der Waals surface area contributed by atoms with Gasteiger partial charge in [-0.05, 0) is 24.3 Å². The van der Waals surface area contributed by atoms with E-state index in [-0.39, 0.29) is 5.82 Å². The van der Waals surface area contributed by atoms with Crippen LogP contribution >= 0.6 is 0 Å². The van der Waals surface area contributed by atoms with Crippen molar-refractivity contribution in [2.45, 2.75) is 0 Å². The van der Waals surface area contributed by atoms with Crippen LogP contribution in [0, 0.1) is 5.82 Å². The predicted octanol–water partition coefficient (Wildman–Crippen LogP) is 1.70. The van der Waals surface area contributed by atoms with Gasteiger partial charge in [-0.1, -0.05) is 5.16 Å². The number of rotatable bonds is 3. The molecule has 0 heterocycles. The lowest BCUT2D eigenvalue weighted by atomic mass is 10.3. The molecule has 0 aromatic heterocycles. The number of halogens is 1. The van der Waals surface area contributed by atoms with Crippen LogP contribution in [0.2, 0.25) is 0 Å². The predicted molar refractivity (Wildman–Crippen MR) is 44.5 cm³/mol. The van der Waals surface area contributed by atoms with Gasteiger partial charge >= 0.3 is 0 Å². The van der Waals surface area contributed by atoms with Crippen LogP contribution < -0.4 is 5.32 Å². The van der Waals surface area contributed by atoms with E-state index in [1.807, 2.05) is 0 Å². The topological polar surface area (TPSA) is 33.6 Å². The fraction of sp³-hybridized carbons (Fsp3) is 0.125. The molecule has 1 rings (SSSR count). The number of benzene rings is 1. The van der Waals surface area contributed by atoms with Crippen molar-refractivity contribution in [3.63, 3.8) is 0 Å². The first-order valence-electron chi connectivity index (χ1n) is 3.32. The molecule has 1 N–H and O–H groups in total. The van der Waals surface area contributed by atoms with E-state index >= 15 is 0 Å². The maximum Gasteiger partial charge on any atom is 0.216 e. The van der Waals surface area contributed by atoms with Crippen LogP contribution in [0.3, 0.4) is 0 Å². The van der Waals surface area contributed by atoms with Crippen LogP contribution in [0.4, 0.5) is 10.1 Å². The summed E-state index contributed by atoms with van der Waals surface area (Å²) in [6.07, 6.45) is 2.40. The van der Waals surface area contributed by atoms with E-state index in [0.717, 1.165) is 0 Å². The maximum absolute atomic E-state index is 12.4. The first-order valence-corrected chi connectivity index (χ1v) is 3.32. The largest absolute Gasteiger partial charge is 0.397 e. The second-order valence-electron chi connectivity index (χ2n) is 2.02. The summed E-state index contributed by atoms with van der Waals surface area (Å²) in [6, 6.07) is 5.84. The van der Waals surface area contributed by atoms with Crippen molar-refractivity contribution in [2.24, 2.45) is 5.16 Å². The highest BCUT2D eigenvalue weighted by atomic mass is 19.1. The smallest absolute Gasteiger partial charge is 0.216 e. The number of nitrogens with zero attached hydrogens (tertiary/aromatic N) is 1. The van der Waals surface area contributed by atoms with Gasteiger partial charge in [0.2, 0.25) is 6.34 Å². The Balaban J connectivity index is 2.53. The third kappa shape index (κ3) is 2.57.